The van der Waals surface area contributed by atoms with Crippen LogP contribution < -0.4 is 0 Å². The highest BCUT2D eigenvalue weighted by Gasteiger charge is 2.22. The van der Waals surface area contributed by atoms with E-state index in [2.05, 4.69) is 6.92 Å². The molecular weight excluding hydrogens is 284 g/mol. The second-order valence-corrected chi connectivity index (χ2v) is 5.91. The first-order valence-corrected chi connectivity index (χ1v) is 7.91. The molecule has 0 amide bonds. The minimum absolute atomic E-state index is 0.0728. The van der Waals surface area contributed by atoms with Crippen LogP contribution in [-0.2, 0) is 6.42 Å². The fourth-order valence-corrected chi connectivity index (χ4v) is 3.14. The number of para-hydroxylation sites is 1. The number of carbonyl (C=O) groups is 1. The van der Waals surface area contributed by atoms with E-state index in [0.717, 1.165) is 36.0 Å². The van der Waals surface area contributed by atoms with Gasteiger partial charge < -0.3 is 9.52 Å². The molecule has 0 aliphatic carbocycles. The van der Waals surface area contributed by atoms with Crippen LogP contribution in [0.25, 0.3) is 11.0 Å². The van der Waals surface area contributed by atoms with Gasteiger partial charge in [0.2, 0.25) is 5.78 Å². The summed E-state index contributed by atoms with van der Waals surface area (Å²) in [6, 6.07) is 9.12. The summed E-state index contributed by atoms with van der Waals surface area (Å²) < 4.78 is 5.87. The van der Waals surface area contributed by atoms with Crippen LogP contribution in [0.5, 0.6) is 5.75 Å². The summed E-state index contributed by atoms with van der Waals surface area (Å²) in [6.45, 7) is 2.11. The second-order valence-electron chi connectivity index (χ2n) is 5.00. The van der Waals surface area contributed by atoms with Gasteiger partial charge in [0.15, 0.2) is 0 Å². The van der Waals surface area contributed by atoms with Crippen molar-refractivity contribution in [2.45, 2.75) is 26.2 Å². The van der Waals surface area contributed by atoms with Crippen molar-refractivity contribution in [1.82, 2.24) is 0 Å². The lowest BCUT2D eigenvalue weighted by Gasteiger charge is -2.00. The average molecular weight is 300 g/mol. The van der Waals surface area contributed by atoms with Crippen molar-refractivity contribution in [3.63, 3.8) is 0 Å². The van der Waals surface area contributed by atoms with Gasteiger partial charge in [-0.1, -0.05) is 31.5 Å². The molecule has 4 heteroatoms. The number of aryl methyl sites for hydroxylation is 1. The fraction of sp³-hybridized carbons (Fsp3) is 0.235. The Morgan fingerprint density at radius 1 is 1.33 bits per heavy atom. The van der Waals surface area contributed by atoms with Crippen LogP contribution in [0, 0.1) is 0 Å². The van der Waals surface area contributed by atoms with Gasteiger partial charge in [-0.3, -0.25) is 4.79 Å². The van der Waals surface area contributed by atoms with E-state index in [4.69, 9.17) is 4.42 Å². The number of hydrogen-bond acceptors (Lipinski definition) is 4. The number of furan rings is 1. The Kier molecular flexibility index (Phi) is 3.80. The predicted molar refractivity (Wildman–Crippen MR) is 84.2 cm³/mol. The van der Waals surface area contributed by atoms with Crippen LogP contribution in [0.15, 0.2) is 40.1 Å². The first-order chi connectivity index (χ1) is 10.2. The molecule has 1 aromatic carbocycles. The number of aromatic hydroxyl groups is 1. The van der Waals surface area contributed by atoms with Crippen LogP contribution >= 0.6 is 11.3 Å². The maximum absolute atomic E-state index is 12.8. The van der Waals surface area contributed by atoms with E-state index in [1.165, 1.54) is 17.4 Å². The van der Waals surface area contributed by atoms with Gasteiger partial charge in [0.25, 0.3) is 0 Å². The van der Waals surface area contributed by atoms with Gasteiger partial charge in [-0.05, 0) is 12.5 Å². The topological polar surface area (TPSA) is 50.4 Å². The highest BCUT2D eigenvalue weighted by molar-refractivity contribution is 7.12. The van der Waals surface area contributed by atoms with Crippen molar-refractivity contribution < 1.29 is 14.3 Å². The molecule has 0 aliphatic heterocycles. The van der Waals surface area contributed by atoms with Gasteiger partial charge in [0, 0.05) is 23.3 Å². The Hall–Kier alpha value is -2.07. The van der Waals surface area contributed by atoms with E-state index < -0.39 is 0 Å². The summed E-state index contributed by atoms with van der Waals surface area (Å²) in [6.07, 6.45) is 2.78. The number of fused-ring (bicyclic) bond motifs is 1. The highest BCUT2D eigenvalue weighted by atomic mass is 32.1. The summed E-state index contributed by atoms with van der Waals surface area (Å²) in [4.78, 5) is 13.3. The predicted octanol–water partition coefficient (Wildman–Crippen LogP) is 4.77. The molecule has 2 aromatic heterocycles. The monoisotopic (exact) mass is 300 g/mol. The minimum atomic E-state index is -0.0728. The van der Waals surface area contributed by atoms with Gasteiger partial charge in [0.1, 0.15) is 17.1 Å². The molecule has 0 spiro atoms. The van der Waals surface area contributed by atoms with Gasteiger partial charge in [0.05, 0.1) is 10.4 Å². The lowest BCUT2D eigenvalue weighted by Crippen LogP contribution is -2.01. The number of hydrogen-bond donors (Lipinski definition) is 1. The molecule has 21 heavy (non-hydrogen) atoms. The smallest absolute Gasteiger partial charge is 0.207 e. The molecule has 2 heterocycles. The molecule has 0 fully saturated rings. The number of thiophene rings is 1. The molecule has 0 bridgehead atoms. The molecule has 0 radical (unpaired) electrons. The lowest BCUT2D eigenvalue weighted by atomic mass is 10.0. The summed E-state index contributed by atoms with van der Waals surface area (Å²) in [7, 11) is 0. The lowest BCUT2D eigenvalue weighted by molar-refractivity contribution is 0.104. The van der Waals surface area contributed by atoms with Gasteiger partial charge in [-0.25, -0.2) is 0 Å². The first kappa shape index (κ1) is 13.9. The standard InChI is InChI=1S/C17H16O3S/c1-2-3-7-14-16(12-6-4-5-8-13(12)20-14)17(19)15-9-11(18)10-21-15/h4-6,8-10,18H,2-3,7H2,1H3. The van der Waals surface area contributed by atoms with Crippen LogP contribution in [0.4, 0.5) is 0 Å². The van der Waals surface area contributed by atoms with Crippen LogP contribution in [-0.4, -0.2) is 10.9 Å². The molecule has 0 aliphatic rings. The zero-order chi connectivity index (χ0) is 14.8. The zero-order valence-electron chi connectivity index (χ0n) is 11.8. The third-order valence-corrected chi connectivity index (χ3v) is 4.38. The normalized spacial score (nSPS) is 11.1. The minimum Gasteiger partial charge on any atom is -0.507 e. The van der Waals surface area contributed by atoms with Crippen molar-refractivity contribution in [3.05, 3.63) is 51.9 Å². The maximum Gasteiger partial charge on any atom is 0.207 e. The van der Waals surface area contributed by atoms with E-state index in [9.17, 15) is 9.90 Å². The quantitative estimate of drug-likeness (QED) is 0.690. The Balaban J connectivity index is 2.12. The highest BCUT2D eigenvalue weighted by Crippen LogP contribution is 2.31. The zero-order valence-corrected chi connectivity index (χ0v) is 12.6. The molecule has 3 rings (SSSR count). The molecule has 3 aromatic rings. The van der Waals surface area contributed by atoms with Crippen LogP contribution in [0.2, 0.25) is 0 Å². The molecule has 3 nitrogen and oxygen atoms in total. The third kappa shape index (κ3) is 2.59. The van der Waals surface area contributed by atoms with Crippen molar-refractivity contribution in [3.8, 4) is 5.75 Å². The van der Waals surface area contributed by atoms with E-state index in [0.29, 0.717) is 10.4 Å². The molecule has 108 valence electrons. The number of benzene rings is 1. The van der Waals surface area contributed by atoms with E-state index >= 15 is 0 Å². The van der Waals surface area contributed by atoms with Crippen LogP contribution in [0.1, 0.15) is 40.8 Å². The number of rotatable bonds is 5. The van der Waals surface area contributed by atoms with Crippen molar-refractivity contribution in [1.29, 1.82) is 0 Å². The molecule has 0 saturated heterocycles. The summed E-state index contributed by atoms with van der Waals surface area (Å²) >= 11 is 1.26. The Morgan fingerprint density at radius 3 is 2.86 bits per heavy atom. The fourth-order valence-electron chi connectivity index (χ4n) is 2.43. The molecular formula is C17H16O3S. The average Bonchev–Trinajstić information content (AvgIpc) is 3.07. The van der Waals surface area contributed by atoms with Gasteiger partial charge >= 0.3 is 0 Å². The summed E-state index contributed by atoms with van der Waals surface area (Å²) in [5.74, 6) is 0.804. The van der Waals surface area contributed by atoms with Crippen molar-refractivity contribution in [2.75, 3.05) is 0 Å². The number of carbonyl (C=O) groups excluding carboxylic acids is 1. The van der Waals surface area contributed by atoms with Crippen LogP contribution in [0.3, 0.4) is 0 Å². The van der Waals surface area contributed by atoms with Gasteiger partial charge in [-0.2, -0.15) is 0 Å². The molecule has 0 atom stereocenters. The SMILES string of the molecule is CCCCc1oc2ccccc2c1C(=O)c1cc(O)cs1. The molecule has 0 unspecified atom stereocenters. The third-order valence-electron chi connectivity index (χ3n) is 3.46. The Morgan fingerprint density at radius 2 is 2.14 bits per heavy atom. The van der Waals surface area contributed by atoms with E-state index in [-0.39, 0.29) is 11.5 Å². The molecule has 0 saturated carbocycles. The summed E-state index contributed by atoms with van der Waals surface area (Å²) in [5.41, 5.74) is 1.38. The number of unbranched alkanes of at least 4 members (excludes halogenated alkanes) is 1. The van der Waals surface area contributed by atoms with Gasteiger partial charge in [-0.15, -0.1) is 11.3 Å². The summed E-state index contributed by atoms with van der Waals surface area (Å²) in [5, 5.41) is 11.9. The Labute approximate surface area is 126 Å². The van der Waals surface area contributed by atoms with Crippen molar-refractivity contribution >= 4 is 28.1 Å². The Bertz CT molecular complexity index is 782. The number of ketones is 1. The maximum atomic E-state index is 12.8. The molecule has 1 N–H and O–H groups in total. The van der Waals surface area contributed by atoms with E-state index in [1.54, 1.807) is 5.38 Å². The largest absolute Gasteiger partial charge is 0.507 e. The first-order valence-electron chi connectivity index (χ1n) is 7.03. The van der Waals surface area contributed by atoms with Crippen molar-refractivity contribution in [2.24, 2.45) is 0 Å². The second kappa shape index (κ2) is 5.74. The van der Waals surface area contributed by atoms with E-state index in [1.807, 2.05) is 24.3 Å².